The summed E-state index contributed by atoms with van der Waals surface area (Å²) in [5.41, 5.74) is 4.52. The van der Waals surface area contributed by atoms with Crippen LogP contribution < -0.4 is 5.73 Å². The SMILES string of the molecule is NC(=O)c1cc(-c2cc(O)cc(C(F)(F)F)c2)ccc1Cl. The van der Waals surface area contributed by atoms with Crippen LogP contribution in [0, 0.1) is 0 Å². The molecule has 0 spiro atoms. The van der Waals surface area contributed by atoms with Crippen molar-refractivity contribution in [3.8, 4) is 16.9 Å². The van der Waals surface area contributed by atoms with E-state index in [1.165, 1.54) is 18.2 Å². The highest BCUT2D eigenvalue weighted by Crippen LogP contribution is 2.35. The van der Waals surface area contributed by atoms with Crippen LogP contribution in [0.1, 0.15) is 15.9 Å². The summed E-state index contributed by atoms with van der Waals surface area (Å²) >= 11 is 5.78. The van der Waals surface area contributed by atoms with Gasteiger partial charge in [-0.25, -0.2) is 0 Å². The van der Waals surface area contributed by atoms with E-state index in [1.807, 2.05) is 0 Å². The second-order valence-corrected chi connectivity index (χ2v) is 4.73. The fourth-order valence-electron chi connectivity index (χ4n) is 1.84. The number of hydrogen-bond donors (Lipinski definition) is 2. The molecule has 3 N–H and O–H groups in total. The van der Waals surface area contributed by atoms with E-state index in [4.69, 9.17) is 17.3 Å². The van der Waals surface area contributed by atoms with Crippen LogP contribution in [0.4, 0.5) is 13.2 Å². The molecule has 0 aromatic heterocycles. The molecule has 2 aromatic carbocycles. The van der Waals surface area contributed by atoms with E-state index in [0.29, 0.717) is 6.07 Å². The highest BCUT2D eigenvalue weighted by Gasteiger charge is 2.31. The molecule has 0 heterocycles. The Balaban J connectivity index is 2.59. The van der Waals surface area contributed by atoms with Gasteiger partial charge in [-0.05, 0) is 41.5 Å². The molecule has 21 heavy (non-hydrogen) atoms. The van der Waals surface area contributed by atoms with Gasteiger partial charge in [0, 0.05) is 0 Å². The quantitative estimate of drug-likeness (QED) is 0.884. The van der Waals surface area contributed by atoms with Crippen molar-refractivity contribution in [1.29, 1.82) is 0 Å². The maximum absolute atomic E-state index is 12.7. The topological polar surface area (TPSA) is 63.3 Å². The number of nitrogens with two attached hydrogens (primary N) is 1. The summed E-state index contributed by atoms with van der Waals surface area (Å²) < 4.78 is 38.2. The average molecular weight is 316 g/mol. The molecule has 0 radical (unpaired) electrons. The Kier molecular flexibility index (Phi) is 3.82. The fourth-order valence-corrected chi connectivity index (χ4v) is 2.05. The predicted molar refractivity (Wildman–Crippen MR) is 72.1 cm³/mol. The number of rotatable bonds is 2. The van der Waals surface area contributed by atoms with Gasteiger partial charge in [0.15, 0.2) is 0 Å². The first-order valence-corrected chi connectivity index (χ1v) is 6.07. The van der Waals surface area contributed by atoms with Crippen LogP contribution in [0.5, 0.6) is 5.75 Å². The predicted octanol–water partition coefficient (Wildman–Crippen LogP) is 3.83. The molecule has 0 bridgehead atoms. The van der Waals surface area contributed by atoms with Crippen molar-refractivity contribution < 1.29 is 23.1 Å². The maximum Gasteiger partial charge on any atom is 0.416 e. The van der Waals surface area contributed by atoms with E-state index < -0.39 is 23.4 Å². The third-order valence-electron chi connectivity index (χ3n) is 2.81. The average Bonchev–Trinajstić information content (AvgIpc) is 2.37. The van der Waals surface area contributed by atoms with E-state index >= 15 is 0 Å². The summed E-state index contributed by atoms with van der Waals surface area (Å²) in [5.74, 6) is -1.33. The zero-order chi connectivity index (χ0) is 15.8. The smallest absolute Gasteiger partial charge is 0.416 e. The molecule has 0 fully saturated rings. The summed E-state index contributed by atoms with van der Waals surface area (Å²) in [7, 11) is 0. The van der Waals surface area contributed by atoms with Crippen LogP contribution in [0.3, 0.4) is 0 Å². The molecule has 0 unspecified atom stereocenters. The van der Waals surface area contributed by atoms with Crippen LogP contribution in [0.2, 0.25) is 5.02 Å². The third kappa shape index (κ3) is 3.28. The van der Waals surface area contributed by atoms with Crippen LogP contribution in [-0.2, 0) is 6.18 Å². The minimum atomic E-state index is -4.59. The summed E-state index contributed by atoms with van der Waals surface area (Å²) in [5, 5.41) is 9.53. The van der Waals surface area contributed by atoms with Crippen LogP contribution in [0.15, 0.2) is 36.4 Å². The second kappa shape index (κ2) is 5.29. The first-order chi connectivity index (χ1) is 9.68. The molecule has 3 nitrogen and oxygen atoms in total. The largest absolute Gasteiger partial charge is 0.508 e. The van der Waals surface area contributed by atoms with Crippen LogP contribution in [-0.4, -0.2) is 11.0 Å². The standard InChI is InChI=1S/C14H9ClF3NO2/c15-12-2-1-7(5-11(12)13(19)21)8-3-9(14(16,17)18)6-10(20)4-8/h1-6,20H,(H2,19,21). The molecule has 110 valence electrons. The molecule has 2 aromatic rings. The molecule has 7 heteroatoms. The summed E-state index contributed by atoms with van der Waals surface area (Å²) in [6, 6.07) is 6.71. The van der Waals surface area contributed by atoms with E-state index in [2.05, 4.69) is 0 Å². The van der Waals surface area contributed by atoms with Crippen molar-refractivity contribution in [2.45, 2.75) is 6.18 Å². The molecule has 2 rings (SSSR count). The summed E-state index contributed by atoms with van der Waals surface area (Å²) in [6.45, 7) is 0. The van der Waals surface area contributed by atoms with Crippen LogP contribution >= 0.6 is 11.6 Å². The Morgan fingerprint density at radius 3 is 2.33 bits per heavy atom. The summed E-state index contributed by atoms with van der Waals surface area (Å²) in [4.78, 5) is 11.2. The third-order valence-corrected chi connectivity index (χ3v) is 3.14. The van der Waals surface area contributed by atoms with Gasteiger partial charge < -0.3 is 10.8 Å². The monoisotopic (exact) mass is 315 g/mol. The molecule has 0 atom stereocenters. The number of primary amides is 1. The number of hydrogen-bond acceptors (Lipinski definition) is 2. The van der Waals surface area contributed by atoms with Gasteiger partial charge in [-0.15, -0.1) is 0 Å². The lowest BCUT2D eigenvalue weighted by molar-refractivity contribution is -0.137. The minimum Gasteiger partial charge on any atom is -0.508 e. The normalized spacial score (nSPS) is 11.4. The number of amides is 1. The zero-order valence-electron chi connectivity index (χ0n) is 10.4. The lowest BCUT2D eigenvalue weighted by Gasteiger charge is -2.11. The number of phenols is 1. The number of carbonyl (C=O) groups is 1. The van der Waals surface area contributed by atoms with Gasteiger partial charge in [-0.3, -0.25) is 4.79 Å². The first-order valence-electron chi connectivity index (χ1n) is 5.69. The molecule has 0 aliphatic rings. The lowest BCUT2D eigenvalue weighted by atomic mass is 10.00. The van der Waals surface area contributed by atoms with Gasteiger partial charge in [0.05, 0.1) is 16.1 Å². The Hall–Kier alpha value is -2.21. The second-order valence-electron chi connectivity index (χ2n) is 4.33. The number of halogens is 4. The highest BCUT2D eigenvalue weighted by molar-refractivity contribution is 6.33. The van der Waals surface area contributed by atoms with Crippen molar-refractivity contribution in [3.63, 3.8) is 0 Å². The molecule has 0 saturated carbocycles. The van der Waals surface area contributed by atoms with Crippen molar-refractivity contribution in [1.82, 2.24) is 0 Å². The van der Waals surface area contributed by atoms with E-state index in [-0.39, 0.29) is 21.7 Å². The molecular formula is C14H9ClF3NO2. The number of benzene rings is 2. The highest BCUT2D eigenvalue weighted by atomic mass is 35.5. The van der Waals surface area contributed by atoms with E-state index in [0.717, 1.165) is 12.1 Å². The Labute approximate surface area is 122 Å². The maximum atomic E-state index is 12.7. The van der Waals surface area contributed by atoms with E-state index in [1.54, 1.807) is 0 Å². The van der Waals surface area contributed by atoms with Gasteiger partial charge in [0.1, 0.15) is 5.75 Å². The van der Waals surface area contributed by atoms with E-state index in [9.17, 15) is 23.1 Å². The Bertz CT molecular complexity index is 714. The first kappa shape index (κ1) is 15.2. The van der Waals surface area contributed by atoms with Crippen molar-refractivity contribution in [2.24, 2.45) is 5.73 Å². The molecular weight excluding hydrogens is 307 g/mol. The van der Waals surface area contributed by atoms with Gasteiger partial charge in [-0.1, -0.05) is 17.7 Å². The molecule has 0 saturated heterocycles. The van der Waals surface area contributed by atoms with Gasteiger partial charge in [0.2, 0.25) is 5.91 Å². The van der Waals surface area contributed by atoms with Crippen molar-refractivity contribution in [3.05, 3.63) is 52.5 Å². The van der Waals surface area contributed by atoms with Gasteiger partial charge in [0.25, 0.3) is 0 Å². The number of alkyl halides is 3. The van der Waals surface area contributed by atoms with Gasteiger partial charge in [-0.2, -0.15) is 13.2 Å². The zero-order valence-corrected chi connectivity index (χ0v) is 11.2. The fraction of sp³-hybridized carbons (Fsp3) is 0.0714. The Morgan fingerprint density at radius 2 is 1.76 bits per heavy atom. The lowest BCUT2D eigenvalue weighted by Crippen LogP contribution is -2.11. The Morgan fingerprint density at radius 1 is 1.10 bits per heavy atom. The van der Waals surface area contributed by atoms with Gasteiger partial charge >= 0.3 is 6.18 Å². The van der Waals surface area contributed by atoms with Crippen molar-refractivity contribution in [2.75, 3.05) is 0 Å². The number of phenolic OH excluding ortho intramolecular Hbond substituents is 1. The number of aromatic hydroxyl groups is 1. The number of carbonyl (C=O) groups excluding carboxylic acids is 1. The molecule has 1 amide bonds. The minimum absolute atomic E-state index is 0.00827. The molecule has 0 aliphatic carbocycles. The van der Waals surface area contributed by atoms with Crippen molar-refractivity contribution >= 4 is 17.5 Å². The summed E-state index contributed by atoms with van der Waals surface area (Å²) in [6.07, 6.45) is -4.59. The van der Waals surface area contributed by atoms with Crippen LogP contribution in [0.25, 0.3) is 11.1 Å². The molecule has 0 aliphatic heterocycles.